The van der Waals surface area contributed by atoms with Gasteiger partial charge in [0.05, 0.1) is 6.61 Å². The highest BCUT2D eigenvalue weighted by Crippen LogP contribution is 2.16. The highest BCUT2D eigenvalue weighted by atomic mass is 16.5. The van der Waals surface area contributed by atoms with Crippen molar-refractivity contribution in [3.63, 3.8) is 0 Å². The smallest absolute Gasteiger partial charge is 0.102 e. The molecule has 0 radical (unpaired) electrons. The van der Waals surface area contributed by atoms with Gasteiger partial charge in [0.25, 0.3) is 0 Å². The van der Waals surface area contributed by atoms with Gasteiger partial charge >= 0.3 is 0 Å². The van der Waals surface area contributed by atoms with E-state index >= 15 is 0 Å². The maximum Gasteiger partial charge on any atom is 0.102 e. The third-order valence-corrected chi connectivity index (χ3v) is 1.59. The molecule has 0 amide bonds. The van der Waals surface area contributed by atoms with E-state index < -0.39 is 5.60 Å². The van der Waals surface area contributed by atoms with Crippen LogP contribution in [0.15, 0.2) is 0 Å². The van der Waals surface area contributed by atoms with Crippen molar-refractivity contribution in [2.75, 3.05) is 26.8 Å². The first-order valence-electron chi connectivity index (χ1n) is 3.22. The van der Waals surface area contributed by atoms with E-state index in [4.69, 9.17) is 4.74 Å². The average Bonchev–Trinajstić information content (AvgIpc) is 2.16. The van der Waals surface area contributed by atoms with Crippen LogP contribution in [0.4, 0.5) is 0 Å². The molecule has 1 heterocycles. The standard InChI is InChI=1S/C6H13NO2/c1-7-4-6(8)2-3-9-5-6/h7-8H,2-5H2,1H3. The first kappa shape index (κ1) is 6.99. The normalized spacial score (nSPS) is 35.3. The molecular weight excluding hydrogens is 118 g/mol. The summed E-state index contributed by atoms with van der Waals surface area (Å²) < 4.78 is 5.02. The minimum Gasteiger partial charge on any atom is -0.386 e. The highest BCUT2D eigenvalue weighted by molar-refractivity contribution is 4.83. The monoisotopic (exact) mass is 131 g/mol. The third kappa shape index (κ3) is 1.64. The van der Waals surface area contributed by atoms with Crippen LogP contribution in [0, 0.1) is 0 Å². The number of nitrogens with one attached hydrogen (secondary N) is 1. The minimum atomic E-state index is -0.589. The summed E-state index contributed by atoms with van der Waals surface area (Å²) in [6.45, 7) is 1.80. The van der Waals surface area contributed by atoms with Gasteiger partial charge in [0.2, 0.25) is 0 Å². The van der Waals surface area contributed by atoms with Gasteiger partial charge in [0.15, 0.2) is 0 Å². The molecule has 0 spiro atoms. The molecular formula is C6H13NO2. The summed E-state index contributed by atoms with van der Waals surface area (Å²) in [5.74, 6) is 0. The summed E-state index contributed by atoms with van der Waals surface area (Å²) in [7, 11) is 1.83. The lowest BCUT2D eigenvalue weighted by Gasteiger charge is -2.18. The molecule has 0 aromatic carbocycles. The number of ether oxygens (including phenoxy) is 1. The Morgan fingerprint density at radius 2 is 2.56 bits per heavy atom. The Hall–Kier alpha value is -0.120. The second-order valence-electron chi connectivity index (χ2n) is 2.56. The summed E-state index contributed by atoms with van der Waals surface area (Å²) in [5.41, 5.74) is -0.589. The molecule has 1 unspecified atom stereocenters. The first-order chi connectivity index (χ1) is 4.27. The molecule has 0 aliphatic carbocycles. The summed E-state index contributed by atoms with van der Waals surface area (Å²) in [6, 6.07) is 0. The molecule has 0 bridgehead atoms. The summed E-state index contributed by atoms with van der Waals surface area (Å²) in [6.07, 6.45) is 0.758. The average molecular weight is 131 g/mol. The van der Waals surface area contributed by atoms with E-state index in [0.29, 0.717) is 19.8 Å². The van der Waals surface area contributed by atoms with Gasteiger partial charge < -0.3 is 15.2 Å². The van der Waals surface area contributed by atoms with Gasteiger partial charge in [-0.25, -0.2) is 0 Å². The lowest BCUT2D eigenvalue weighted by Crippen LogP contribution is -2.39. The fraction of sp³-hybridized carbons (Fsp3) is 1.00. The molecule has 3 nitrogen and oxygen atoms in total. The van der Waals surface area contributed by atoms with Crippen molar-refractivity contribution >= 4 is 0 Å². The zero-order valence-electron chi connectivity index (χ0n) is 5.68. The molecule has 0 aromatic heterocycles. The van der Waals surface area contributed by atoms with Crippen molar-refractivity contribution in [3.8, 4) is 0 Å². The largest absolute Gasteiger partial charge is 0.386 e. The molecule has 1 fully saturated rings. The fourth-order valence-corrected chi connectivity index (χ4v) is 1.06. The van der Waals surface area contributed by atoms with Gasteiger partial charge in [-0.2, -0.15) is 0 Å². The highest BCUT2D eigenvalue weighted by Gasteiger charge is 2.30. The molecule has 54 valence electrons. The summed E-state index contributed by atoms with van der Waals surface area (Å²) in [4.78, 5) is 0. The van der Waals surface area contributed by atoms with E-state index in [9.17, 15) is 5.11 Å². The number of rotatable bonds is 2. The van der Waals surface area contributed by atoms with Gasteiger partial charge in [0, 0.05) is 19.6 Å². The molecule has 2 N–H and O–H groups in total. The SMILES string of the molecule is CNCC1(O)CCOC1. The summed E-state index contributed by atoms with van der Waals surface area (Å²) in [5, 5.41) is 12.4. The maximum absolute atomic E-state index is 9.50. The predicted octanol–water partition coefficient (Wildman–Crippen LogP) is -0.643. The van der Waals surface area contributed by atoms with Crippen molar-refractivity contribution < 1.29 is 9.84 Å². The Labute approximate surface area is 55.0 Å². The summed E-state index contributed by atoms with van der Waals surface area (Å²) >= 11 is 0. The molecule has 3 heteroatoms. The minimum absolute atomic E-state index is 0.480. The Morgan fingerprint density at radius 1 is 1.78 bits per heavy atom. The topological polar surface area (TPSA) is 41.5 Å². The lowest BCUT2D eigenvalue weighted by atomic mass is 10.0. The zero-order valence-corrected chi connectivity index (χ0v) is 5.68. The van der Waals surface area contributed by atoms with Crippen LogP contribution in [0.3, 0.4) is 0 Å². The van der Waals surface area contributed by atoms with Crippen LogP contribution in [0.2, 0.25) is 0 Å². The van der Waals surface area contributed by atoms with Crippen LogP contribution in [0.1, 0.15) is 6.42 Å². The van der Waals surface area contributed by atoms with Gasteiger partial charge in [-0.05, 0) is 7.05 Å². The molecule has 0 aromatic rings. The lowest BCUT2D eigenvalue weighted by molar-refractivity contribution is 0.0287. The fourth-order valence-electron chi connectivity index (χ4n) is 1.06. The second kappa shape index (κ2) is 2.64. The molecule has 9 heavy (non-hydrogen) atoms. The van der Waals surface area contributed by atoms with Crippen LogP contribution in [0.5, 0.6) is 0 Å². The maximum atomic E-state index is 9.50. The molecule has 1 atom stereocenters. The second-order valence-corrected chi connectivity index (χ2v) is 2.56. The van der Waals surface area contributed by atoms with Gasteiger partial charge in [-0.15, -0.1) is 0 Å². The van der Waals surface area contributed by atoms with Crippen LogP contribution in [0.25, 0.3) is 0 Å². The van der Waals surface area contributed by atoms with Crippen molar-refractivity contribution in [1.82, 2.24) is 5.32 Å². The number of aliphatic hydroxyl groups is 1. The van der Waals surface area contributed by atoms with Crippen LogP contribution < -0.4 is 5.32 Å². The Bertz CT molecular complexity index is 89.1. The van der Waals surface area contributed by atoms with Crippen LogP contribution >= 0.6 is 0 Å². The van der Waals surface area contributed by atoms with Gasteiger partial charge in [0.1, 0.15) is 5.60 Å². The van der Waals surface area contributed by atoms with E-state index in [-0.39, 0.29) is 0 Å². The zero-order chi connectivity index (χ0) is 6.74. The Morgan fingerprint density at radius 3 is 3.00 bits per heavy atom. The van der Waals surface area contributed by atoms with Crippen LogP contribution in [-0.4, -0.2) is 37.5 Å². The number of hydrogen-bond donors (Lipinski definition) is 2. The molecule has 0 saturated carbocycles. The van der Waals surface area contributed by atoms with E-state index in [1.165, 1.54) is 0 Å². The molecule has 1 saturated heterocycles. The van der Waals surface area contributed by atoms with Crippen molar-refractivity contribution in [3.05, 3.63) is 0 Å². The van der Waals surface area contributed by atoms with Gasteiger partial charge in [-0.1, -0.05) is 0 Å². The van der Waals surface area contributed by atoms with Crippen molar-refractivity contribution in [1.29, 1.82) is 0 Å². The van der Waals surface area contributed by atoms with E-state index in [1.54, 1.807) is 0 Å². The number of likely N-dealkylation sites (N-methyl/N-ethyl adjacent to an activating group) is 1. The molecule has 1 aliphatic heterocycles. The van der Waals surface area contributed by atoms with Gasteiger partial charge in [-0.3, -0.25) is 0 Å². The Kier molecular flexibility index (Phi) is 2.05. The Balaban J connectivity index is 2.32. The quantitative estimate of drug-likeness (QED) is 0.523. The predicted molar refractivity (Wildman–Crippen MR) is 34.3 cm³/mol. The van der Waals surface area contributed by atoms with Crippen molar-refractivity contribution in [2.24, 2.45) is 0 Å². The number of hydrogen-bond acceptors (Lipinski definition) is 3. The first-order valence-corrected chi connectivity index (χ1v) is 3.22. The van der Waals surface area contributed by atoms with Crippen molar-refractivity contribution in [2.45, 2.75) is 12.0 Å². The van der Waals surface area contributed by atoms with E-state index in [2.05, 4.69) is 5.32 Å². The van der Waals surface area contributed by atoms with Crippen LogP contribution in [-0.2, 0) is 4.74 Å². The molecule has 1 rings (SSSR count). The van der Waals surface area contributed by atoms with E-state index in [0.717, 1.165) is 6.42 Å². The molecule has 1 aliphatic rings. The van der Waals surface area contributed by atoms with E-state index in [1.807, 2.05) is 7.05 Å². The third-order valence-electron chi connectivity index (χ3n) is 1.59.